The summed E-state index contributed by atoms with van der Waals surface area (Å²) < 4.78 is 5.58. The number of ether oxygens (including phenoxy) is 1. The lowest BCUT2D eigenvalue weighted by Gasteiger charge is -2.27. The number of rotatable bonds is 6. The molecule has 0 aromatic rings. The zero-order chi connectivity index (χ0) is 11.2. The van der Waals surface area contributed by atoms with Crippen LogP contribution in [-0.2, 0) is 4.74 Å². The van der Waals surface area contributed by atoms with Crippen molar-refractivity contribution in [2.45, 2.75) is 52.2 Å². The van der Waals surface area contributed by atoms with Gasteiger partial charge in [0.05, 0.1) is 12.2 Å². The molecule has 0 fully saturated rings. The van der Waals surface area contributed by atoms with E-state index in [9.17, 15) is 0 Å². The minimum atomic E-state index is -0.0667. The van der Waals surface area contributed by atoms with Crippen molar-refractivity contribution >= 4 is 0 Å². The fraction of sp³-hybridized carbons (Fsp3) is 1.00. The molecule has 86 valence electrons. The molecule has 0 radical (unpaired) electrons. The molecule has 14 heavy (non-hydrogen) atoms. The molecule has 0 bridgehead atoms. The van der Waals surface area contributed by atoms with Crippen LogP contribution in [0.1, 0.15) is 41.0 Å². The van der Waals surface area contributed by atoms with Crippen molar-refractivity contribution in [1.82, 2.24) is 5.32 Å². The van der Waals surface area contributed by atoms with Crippen LogP contribution in [0.25, 0.3) is 0 Å². The zero-order valence-electron chi connectivity index (χ0n) is 10.2. The summed E-state index contributed by atoms with van der Waals surface area (Å²) in [5.74, 6) is 0. The van der Waals surface area contributed by atoms with Gasteiger partial charge in [-0.1, -0.05) is 0 Å². The van der Waals surface area contributed by atoms with Gasteiger partial charge in [0.15, 0.2) is 0 Å². The molecule has 0 rings (SSSR count). The molecule has 0 saturated carbocycles. The third kappa shape index (κ3) is 8.48. The molecule has 3 nitrogen and oxygen atoms in total. The molecule has 0 aliphatic rings. The molecule has 0 heterocycles. The fourth-order valence-corrected chi connectivity index (χ4v) is 1.11. The van der Waals surface area contributed by atoms with Crippen molar-refractivity contribution in [3.63, 3.8) is 0 Å². The summed E-state index contributed by atoms with van der Waals surface area (Å²) in [7, 11) is 0. The molecular weight excluding hydrogens is 178 g/mol. The quantitative estimate of drug-likeness (QED) is 0.644. The first-order valence-electron chi connectivity index (χ1n) is 5.27. The van der Waals surface area contributed by atoms with E-state index in [0.717, 1.165) is 13.0 Å². The minimum Gasteiger partial charge on any atom is -0.396 e. The highest BCUT2D eigenvalue weighted by Crippen LogP contribution is 2.08. The highest BCUT2D eigenvalue weighted by molar-refractivity contribution is 4.76. The summed E-state index contributed by atoms with van der Waals surface area (Å²) >= 11 is 0. The number of hydrogen-bond donors (Lipinski definition) is 2. The Bertz CT molecular complexity index is 150. The Hall–Kier alpha value is -0.120. The zero-order valence-corrected chi connectivity index (χ0v) is 10.2. The van der Waals surface area contributed by atoms with E-state index in [2.05, 4.69) is 19.2 Å². The van der Waals surface area contributed by atoms with Gasteiger partial charge in [0.25, 0.3) is 0 Å². The van der Waals surface area contributed by atoms with Crippen LogP contribution in [0.2, 0.25) is 0 Å². The Kier molecular flexibility index (Phi) is 5.64. The Morgan fingerprint density at radius 2 is 1.71 bits per heavy atom. The lowest BCUT2D eigenvalue weighted by atomic mass is 10.0. The molecular formula is C11H25NO2. The molecule has 0 aliphatic heterocycles. The van der Waals surface area contributed by atoms with E-state index < -0.39 is 0 Å². The number of hydrogen-bond acceptors (Lipinski definition) is 3. The SMILES string of the molecule is CC(C)(CCO)NCCOC(C)(C)C. The van der Waals surface area contributed by atoms with Crippen molar-refractivity contribution in [3.8, 4) is 0 Å². The molecule has 0 spiro atoms. The van der Waals surface area contributed by atoms with Gasteiger partial charge >= 0.3 is 0 Å². The molecule has 0 aromatic carbocycles. The predicted molar refractivity (Wildman–Crippen MR) is 59.5 cm³/mol. The number of nitrogens with one attached hydrogen (secondary N) is 1. The van der Waals surface area contributed by atoms with Crippen LogP contribution in [0.5, 0.6) is 0 Å². The van der Waals surface area contributed by atoms with Gasteiger partial charge in [0.2, 0.25) is 0 Å². The molecule has 0 aromatic heterocycles. The highest BCUT2D eigenvalue weighted by Gasteiger charge is 2.16. The van der Waals surface area contributed by atoms with E-state index in [1.165, 1.54) is 0 Å². The van der Waals surface area contributed by atoms with Crippen molar-refractivity contribution in [2.24, 2.45) is 0 Å². The Morgan fingerprint density at radius 1 is 1.14 bits per heavy atom. The second-order valence-corrected chi connectivity index (χ2v) is 5.25. The van der Waals surface area contributed by atoms with E-state index in [1.54, 1.807) is 0 Å². The summed E-state index contributed by atoms with van der Waals surface area (Å²) in [4.78, 5) is 0. The van der Waals surface area contributed by atoms with Gasteiger partial charge < -0.3 is 15.2 Å². The molecule has 0 aliphatic carbocycles. The van der Waals surface area contributed by atoms with Gasteiger partial charge in [-0.15, -0.1) is 0 Å². The highest BCUT2D eigenvalue weighted by atomic mass is 16.5. The summed E-state index contributed by atoms with van der Waals surface area (Å²) in [6.45, 7) is 12.1. The van der Waals surface area contributed by atoms with Crippen LogP contribution in [0.15, 0.2) is 0 Å². The molecule has 0 unspecified atom stereocenters. The summed E-state index contributed by atoms with van der Waals surface area (Å²) in [5, 5.41) is 12.2. The summed E-state index contributed by atoms with van der Waals surface area (Å²) in [6.07, 6.45) is 0.766. The number of aliphatic hydroxyl groups excluding tert-OH is 1. The van der Waals surface area contributed by atoms with Crippen LogP contribution < -0.4 is 5.32 Å². The maximum atomic E-state index is 8.82. The smallest absolute Gasteiger partial charge is 0.0599 e. The van der Waals surface area contributed by atoms with Crippen LogP contribution in [0.3, 0.4) is 0 Å². The lowest BCUT2D eigenvalue weighted by Crippen LogP contribution is -2.42. The van der Waals surface area contributed by atoms with Gasteiger partial charge in [-0.25, -0.2) is 0 Å². The van der Waals surface area contributed by atoms with Crippen molar-refractivity contribution in [1.29, 1.82) is 0 Å². The van der Waals surface area contributed by atoms with Crippen LogP contribution in [0, 0.1) is 0 Å². The maximum Gasteiger partial charge on any atom is 0.0599 e. The maximum absolute atomic E-state index is 8.82. The summed E-state index contributed by atoms with van der Waals surface area (Å²) in [6, 6.07) is 0. The molecule has 0 amide bonds. The first-order valence-corrected chi connectivity index (χ1v) is 5.27. The van der Waals surface area contributed by atoms with Gasteiger partial charge in [-0.2, -0.15) is 0 Å². The first-order chi connectivity index (χ1) is 6.27. The molecule has 3 heteroatoms. The van der Waals surface area contributed by atoms with Crippen LogP contribution >= 0.6 is 0 Å². The van der Waals surface area contributed by atoms with Crippen molar-refractivity contribution < 1.29 is 9.84 Å². The monoisotopic (exact) mass is 203 g/mol. The normalized spacial score (nSPS) is 13.3. The van der Waals surface area contributed by atoms with E-state index in [0.29, 0.717) is 6.61 Å². The topological polar surface area (TPSA) is 41.5 Å². The van der Waals surface area contributed by atoms with Gasteiger partial charge in [0, 0.05) is 18.7 Å². The van der Waals surface area contributed by atoms with E-state index >= 15 is 0 Å². The largest absolute Gasteiger partial charge is 0.396 e. The average Bonchev–Trinajstić information content (AvgIpc) is 1.96. The van der Waals surface area contributed by atoms with Crippen molar-refractivity contribution in [3.05, 3.63) is 0 Å². The summed E-state index contributed by atoms with van der Waals surface area (Å²) in [5.41, 5.74) is -0.0706. The Morgan fingerprint density at radius 3 is 2.14 bits per heavy atom. The molecule has 0 saturated heterocycles. The predicted octanol–water partition coefficient (Wildman–Crippen LogP) is 1.55. The number of aliphatic hydroxyl groups is 1. The molecule has 2 N–H and O–H groups in total. The second kappa shape index (κ2) is 5.69. The Balaban J connectivity index is 3.54. The van der Waals surface area contributed by atoms with E-state index in [4.69, 9.17) is 9.84 Å². The van der Waals surface area contributed by atoms with Gasteiger partial charge in [-0.3, -0.25) is 0 Å². The first kappa shape index (κ1) is 13.9. The third-order valence-corrected chi connectivity index (χ3v) is 1.98. The van der Waals surface area contributed by atoms with E-state index in [1.807, 2.05) is 20.8 Å². The standard InChI is InChI=1S/C11H25NO2/c1-10(2,3)14-9-7-12-11(4,5)6-8-13/h12-13H,6-9H2,1-5H3. The fourth-order valence-electron chi connectivity index (χ4n) is 1.11. The average molecular weight is 203 g/mol. The molecule has 0 atom stereocenters. The van der Waals surface area contributed by atoms with Gasteiger partial charge in [-0.05, 0) is 41.0 Å². The van der Waals surface area contributed by atoms with Crippen molar-refractivity contribution in [2.75, 3.05) is 19.8 Å². The van der Waals surface area contributed by atoms with Crippen LogP contribution in [-0.4, -0.2) is 36.0 Å². The second-order valence-electron chi connectivity index (χ2n) is 5.25. The van der Waals surface area contributed by atoms with Crippen LogP contribution in [0.4, 0.5) is 0 Å². The van der Waals surface area contributed by atoms with Gasteiger partial charge in [0.1, 0.15) is 0 Å². The van der Waals surface area contributed by atoms with E-state index in [-0.39, 0.29) is 17.7 Å². The minimum absolute atomic E-state index is 0.00397. The Labute approximate surface area is 87.8 Å². The lowest BCUT2D eigenvalue weighted by molar-refractivity contribution is -0.00324. The third-order valence-electron chi connectivity index (χ3n) is 1.98.